The van der Waals surface area contributed by atoms with Gasteiger partial charge in [-0.2, -0.15) is 0 Å². The number of rotatable bonds is 4. The molecule has 130 valence electrons. The Morgan fingerprint density at radius 3 is 2.50 bits per heavy atom. The first-order valence-corrected chi connectivity index (χ1v) is 8.55. The van der Waals surface area contributed by atoms with E-state index in [1.54, 1.807) is 37.4 Å². The molecule has 3 aromatic rings. The van der Waals surface area contributed by atoms with E-state index in [1.807, 2.05) is 41.3 Å². The maximum absolute atomic E-state index is 12.9. The molecule has 0 N–H and O–H groups in total. The summed E-state index contributed by atoms with van der Waals surface area (Å²) in [7, 11) is 1.60. The molecule has 0 bridgehead atoms. The van der Waals surface area contributed by atoms with Gasteiger partial charge in [0.05, 0.1) is 25.0 Å². The van der Waals surface area contributed by atoms with Gasteiger partial charge < -0.3 is 14.4 Å². The van der Waals surface area contributed by atoms with E-state index in [-0.39, 0.29) is 12.3 Å². The molecule has 1 aliphatic heterocycles. The van der Waals surface area contributed by atoms with Gasteiger partial charge in [0.2, 0.25) is 0 Å². The Morgan fingerprint density at radius 1 is 1.00 bits per heavy atom. The third-order valence-electron chi connectivity index (χ3n) is 4.30. The summed E-state index contributed by atoms with van der Waals surface area (Å²) < 4.78 is 11.1. The van der Waals surface area contributed by atoms with Gasteiger partial charge in [-0.15, -0.1) is 0 Å². The van der Waals surface area contributed by atoms with Gasteiger partial charge in [-0.1, -0.05) is 23.7 Å². The molecule has 3 aromatic carbocycles. The highest BCUT2D eigenvalue weighted by atomic mass is 35.5. The third kappa shape index (κ3) is 3.00. The highest BCUT2D eigenvalue weighted by molar-refractivity contribution is 6.31. The van der Waals surface area contributed by atoms with Crippen LogP contribution in [0.4, 0.5) is 11.4 Å². The molecular formula is C21H16ClNO3. The zero-order chi connectivity index (χ0) is 18.1. The Kier molecular flexibility index (Phi) is 4.27. The van der Waals surface area contributed by atoms with Crippen molar-refractivity contribution in [1.82, 2.24) is 0 Å². The molecule has 0 aromatic heterocycles. The summed E-state index contributed by atoms with van der Waals surface area (Å²) in [6.07, 6.45) is 0. The molecule has 0 aliphatic carbocycles. The predicted molar refractivity (Wildman–Crippen MR) is 102 cm³/mol. The average Bonchev–Trinajstić information content (AvgIpc) is 2.68. The number of hydrogen-bond donors (Lipinski definition) is 0. The molecule has 0 atom stereocenters. The lowest BCUT2D eigenvalue weighted by Crippen LogP contribution is -2.28. The Balaban J connectivity index is 1.71. The number of carbonyl (C=O) groups is 1. The fourth-order valence-electron chi connectivity index (χ4n) is 2.98. The Bertz CT molecular complexity index is 969. The lowest BCUT2D eigenvalue weighted by molar-refractivity contribution is 0.100. The van der Waals surface area contributed by atoms with E-state index in [4.69, 9.17) is 21.1 Å². The van der Waals surface area contributed by atoms with E-state index in [2.05, 4.69) is 0 Å². The van der Waals surface area contributed by atoms with Crippen LogP contribution in [0.25, 0.3) is 0 Å². The summed E-state index contributed by atoms with van der Waals surface area (Å²) in [6.45, 7) is 0.181. The van der Waals surface area contributed by atoms with E-state index in [1.165, 1.54) is 0 Å². The van der Waals surface area contributed by atoms with Crippen LogP contribution in [0, 0.1) is 0 Å². The summed E-state index contributed by atoms with van der Waals surface area (Å²) in [5.74, 6) is 2.10. The van der Waals surface area contributed by atoms with Gasteiger partial charge in [-0.25, -0.2) is 0 Å². The smallest absolute Gasteiger partial charge is 0.182 e. The number of anilines is 2. The first-order valence-electron chi connectivity index (χ1n) is 8.17. The van der Waals surface area contributed by atoms with Gasteiger partial charge >= 0.3 is 0 Å². The highest BCUT2D eigenvalue weighted by Crippen LogP contribution is 2.47. The van der Waals surface area contributed by atoms with Crippen LogP contribution in [-0.4, -0.2) is 19.4 Å². The second-order valence-corrected chi connectivity index (χ2v) is 6.36. The summed E-state index contributed by atoms with van der Waals surface area (Å²) in [6, 6.07) is 20.2. The molecule has 0 saturated heterocycles. The molecule has 0 fully saturated rings. The Morgan fingerprint density at radius 2 is 1.73 bits per heavy atom. The second-order valence-electron chi connectivity index (χ2n) is 5.92. The lowest BCUT2D eigenvalue weighted by atomic mass is 10.1. The summed E-state index contributed by atoms with van der Waals surface area (Å²) in [4.78, 5) is 14.8. The molecule has 4 rings (SSSR count). The number of fused-ring (bicyclic) bond motifs is 2. The number of ketones is 1. The van der Waals surface area contributed by atoms with Crippen molar-refractivity contribution in [2.75, 3.05) is 18.6 Å². The zero-order valence-electron chi connectivity index (χ0n) is 14.1. The quantitative estimate of drug-likeness (QED) is 0.574. The number of para-hydroxylation sites is 2. The van der Waals surface area contributed by atoms with Crippen LogP contribution in [0.3, 0.4) is 0 Å². The van der Waals surface area contributed by atoms with Crippen molar-refractivity contribution in [2.24, 2.45) is 0 Å². The van der Waals surface area contributed by atoms with Gasteiger partial charge in [-0.3, -0.25) is 4.79 Å². The van der Waals surface area contributed by atoms with Crippen LogP contribution < -0.4 is 14.4 Å². The maximum Gasteiger partial charge on any atom is 0.182 e. The minimum atomic E-state index is -0.00437. The van der Waals surface area contributed by atoms with Crippen LogP contribution in [-0.2, 0) is 0 Å². The van der Waals surface area contributed by atoms with Gasteiger partial charge in [0.15, 0.2) is 17.3 Å². The first-order chi connectivity index (χ1) is 12.7. The summed E-state index contributed by atoms with van der Waals surface area (Å²) in [5.41, 5.74) is 2.24. The van der Waals surface area contributed by atoms with E-state index < -0.39 is 0 Å². The van der Waals surface area contributed by atoms with E-state index >= 15 is 0 Å². The number of nitrogens with zero attached hydrogens (tertiary/aromatic N) is 1. The molecule has 0 saturated carbocycles. The topological polar surface area (TPSA) is 38.8 Å². The van der Waals surface area contributed by atoms with Crippen LogP contribution >= 0.6 is 11.6 Å². The fraction of sp³-hybridized carbons (Fsp3) is 0.0952. The van der Waals surface area contributed by atoms with Crippen LogP contribution in [0.1, 0.15) is 10.4 Å². The molecule has 0 spiro atoms. The molecular weight excluding hydrogens is 350 g/mol. The van der Waals surface area contributed by atoms with Gasteiger partial charge in [0.1, 0.15) is 5.75 Å². The average molecular weight is 366 g/mol. The van der Waals surface area contributed by atoms with E-state index in [0.717, 1.165) is 17.1 Å². The highest BCUT2D eigenvalue weighted by Gasteiger charge is 2.26. The minimum absolute atomic E-state index is 0.00437. The van der Waals surface area contributed by atoms with Crippen molar-refractivity contribution < 1.29 is 14.3 Å². The van der Waals surface area contributed by atoms with Gasteiger partial charge in [-0.05, 0) is 54.6 Å². The molecule has 0 amide bonds. The summed E-state index contributed by atoms with van der Waals surface area (Å²) in [5, 5.41) is 0.591. The zero-order valence-corrected chi connectivity index (χ0v) is 14.9. The molecule has 0 radical (unpaired) electrons. The number of ether oxygens (including phenoxy) is 2. The second kappa shape index (κ2) is 6.73. The van der Waals surface area contributed by atoms with Gasteiger partial charge in [0, 0.05) is 10.6 Å². The van der Waals surface area contributed by atoms with Crippen LogP contribution in [0.5, 0.6) is 17.2 Å². The van der Waals surface area contributed by atoms with Crippen molar-refractivity contribution in [3.05, 3.63) is 77.3 Å². The Labute approximate surface area is 156 Å². The largest absolute Gasteiger partial charge is 0.497 e. The van der Waals surface area contributed by atoms with E-state index in [0.29, 0.717) is 22.1 Å². The minimum Gasteiger partial charge on any atom is -0.497 e. The third-order valence-corrected chi connectivity index (χ3v) is 4.54. The van der Waals surface area contributed by atoms with E-state index in [9.17, 15) is 4.79 Å². The number of carbonyl (C=O) groups excluding carboxylic acids is 1. The lowest BCUT2D eigenvalue weighted by Gasteiger charge is -2.32. The van der Waals surface area contributed by atoms with Gasteiger partial charge in [0.25, 0.3) is 0 Å². The van der Waals surface area contributed by atoms with Crippen molar-refractivity contribution >= 4 is 28.8 Å². The molecule has 26 heavy (non-hydrogen) atoms. The number of hydrogen-bond acceptors (Lipinski definition) is 4. The molecule has 5 heteroatoms. The van der Waals surface area contributed by atoms with Crippen LogP contribution in [0.15, 0.2) is 66.7 Å². The maximum atomic E-state index is 12.9. The number of methoxy groups -OCH3 is 1. The molecule has 0 unspecified atom stereocenters. The number of Topliss-reactive ketones (excluding diaryl/α,β-unsaturated/α-hetero) is 1. The first kappa shape index (κ1) is 16.5. The standard InChI is InChI=1S/C21H16ClNO3/c1-25-16-9-6-14(7-10-16)19(24)13-23-17-4-2-3-5-20(17)26-21-11-8-15(22)12-18(21)23/h2-12H,13H2,1H3. The number of halogens is 1. The van der Waals surface area contributed by atoms with Crippen molar-refractivity contribution in [3.63, 3.8) is 0 Å². The van der Waals surface area contributed by atoms with Crippen molar-refractivity contribution in [1.29, 1.82) is 0 Å². The fourth-order valence-corrected chi connectivity index (χ4v) is 3.15. The normalized spacial score (nSPS) is 12.0. The summed E-state index contributed by atoms with van der Waals surface area (Å²) >= 11 is 6.17. The number of benzene rings is 3. The SMILES string of the molecule is COc1ccc(C(=O)CN2c3ccccc3Oc3ccc(Cl)cc32)cc1. The predicted octanol–water partition coefficient (Wildman–Crippen LogP) is 5.48. The molecule has 4 nitrogen and oxygen atoms in total. The van der Waals surface area contributed by atoms with Crippen LogP contribution in [0.2, 0.25) is 5.02 Å². The molecule has 1 heterocycles. The van der Waals surface area contributed by atoms with Crippen molar-refractivity contribution in [3.8, 4) is 17.2 Å². The molecule has 1 aliphatic rings. The monoisotopic (exact) mass is 365 g/mol. The van der Waals surface area contributed by atoms with Crippen molar-refractivity contribution in [2.45, 2.75) is 0 Å². The Hall–Kier alpha value is -2.98.